The number of imide groups is 1. The number of rotatable bonds is 8. The second-order valence-corrected chi connectivity index (χ2v) is 5.03. The van der Waals surface area contributed by atoms with Gasteiger partial charge in [0.2, 0.25) is 11.8 Å². The molecule has 0 spiro atoms. The SMILES string of the molecule is CCCC(NC(=O)CCCN1C(=O)CN(C)C1=O)C(=O)O. The average Bonchev–Trinajstić information content (AvgIpc) is 2.64. The largest absolute Gasteiger partial charge is 0.480 e. The first kappa shape index (κ1) is 16.9. The van der Waals surface area contributed by atoms with E-state index >= 15 is 0 Å². The summed E-state index contributed by atoms with van der Waals surface area (Å²) in [5, 5.41) is 11.4. The zero-order valence-electron chi connectivity index (χ0n) is 12.3. The van der Waals surface area contributed by atoms with Gasteiger partial charge in [0.15, 0.2) is 0 Å². The van der Waals surface area contributed by atoms with E-state index in [1.54, 1.807) is 0 Å². The van der Waals surface area contributed by atoms with Gasteiger partial charge < -0.3 is 15.3 Å². The molecule has 0 radical (unpaired) electrons. The molecule has 0 aromatic heterocycles. The first-order chi connectivity index (χ1) is 9.86. The number of hydrogen-bond donors (Lipinski definition) is 2. The molecule has 1 heterocycles. The van der Waals surface area contributed by atoms with Crippen LogP contribution in [-0.2, 0) is 14.4 Å². The standard InChI is InChI=1S/C13H21N3O5/c1-3-5-9(12(19)20)14-10(17)6-4-7-16-11(18)8-15(2)13(16)21/h9H,3-8H2,1-2H3,(H,14,17)(H,19,20). The third-order valence-corrected chi connectivity index (χ3v) is 3.23. The van der Waals surface area contributed by atoms with Crippen molar-refractivity contribution in [2.45, 2.75) is 38.6 Å². The van der Waals surface area contributed by atoms with Crippen molar-refractivity contribution in [1.82, 2.24) is 15.1 Å². The van der Waals surface area contributed by atoms with Crippen LogP contribution in [-0.4, -0.2) is 64.9 Å². The second kappa shape index (κ2) is 7.61. The lowest BCUT2D eigenvalue weighted by Crippen LogP contribution is -2.41. The maximum Gasteiger partial charge on any atom is 0.326 e. The van der Waals surface area contributed by atoms with Crippen molar-refractivity contribution >= 4 is 23.8 Å². The Hall–Kier alpha value is -2.12. The summed E-state index contributed by atoms with van der Waals surface area (Å²) in [6.45, 7) is 2.06. The van der Waals surface area contributed by atoms with Gasteiger partial charge in [-0.1, -0.05) is 13.3 Å². The van der Waals surface area contributed by atoms with E-state index in [2.05, 4.69) is 5.32 Å². The number of likely N-dealkylation sites (N-methyl/N-ethyl adjacent to an activating group) is 1. The summed E-state index contributed by atoms with van der Waals surface area (Å²) < 4.78 is 0. The molecule has 1 aliphatic rings. The molecule has 1 rings (SSSR count). The predicted octanol–water partition coefficient (Wildman–Crippen LogP) is 0.0301. The molecule has 0 saturated carbocycles. The predicted molar refractivity (Wildman–Crippen MR) is 73.4 cm³/mol. The summed E-state index contributed by atoms with van der Waals surface area (Å²) in [6.07, 6.45) is 1.42. The first-order valence-corrected chi connectivity index (χ1v) is 6.94. The Bertz CT molecular complexity index is 438. The minimum Gasteiger partial charge on any atom is -0.480 e. The van der Waals surface area contributed by atoms with Crippen LogP contribution in [0.2, 0.25) is 0 Å². The molecule has 0 bridgehead atoms. The molecular weight excluding hydrogens is 278 g/mol. The highest BCUT2D eigenvalue weighted by atomic mass is 16.4. The molecule has 1 aliphatic heterocycles. The Morgan fingerprint density at radius 1 is 1.38 bits per heavy atom. The summed E-state index contributed by atoms with van der Waals surface area (Å²) in [5.74, 6) is -1.72. The number of hydrogen-bond acceptors (Lipinski definition) is 4. The fourth-order valence-electron chi connectivity index (χ4n) is 2.10. The van der Waals surface area contributed by atoms with Gasteiger partial charge in [0.1, 0.15) is 12.6 Å². The Kier molecular flexibility index (Phi) is 6.13. The maximum atomic E-state index is 11.7. The van der Waals surface area contributed by atoms with E-state index in [-0.39, 0.29) is 37.4 Å². The summed E-state index contributed by atoms with van der Waals surface area (Å²) in [6, 6.07) is -1.25. The summed E-state index contributed by atoms with van der Waals surface area (Å²) in [5.41, 5.74) is 0. The van der Waals surface area contributed by atoms with Crippen LogP contribution in [0.15, 0.2) is 0 Å². The van der Waals surface area contributed by atoms with Crippen LogP contribution >= 0.6 is 0 Å². The molecule has 0 aromatic carbocycles. The molecule has 21 heavy (non-hydrogen) atoms. The quantitative estimate of drug-likeness (QED) is 0.615. The molecule has 1 fully saturated rings. The van der Waals surface area contributed by atoms with Gasteiger partial charge in [-0.15, -0.1) is 0 Å². The maximum absolute atomic E-state index is 11.7. The third-order valence-electron chi connectivity index (χ3n) is 3.23. The highest BCUT2D eigenvalue weighted by Gasteiger charge is 2.32. The lowest BCUT2D eigenvalue weighted by molar-refractivity contribution is -0.142. The van der Waals surface area contributed by atoms with Crippen molar-refractivity contribution in [3.05, 3.63) is 0 Å². The van der Waals surface area contributed by atoms with E-state index in [1.165, 1.54) is 11.9 Å². The summed E-state index contributed by atoms with van der Waals surface area (Å²) in [7, 11) is 1.54. The van der Waals surface area contributed by atoms with Crippen LogP contribution in [0.1, 0.15) is 32.6 Å². The molecular formula is C13H21N3O5. The minimum absolute atomic E-state index is 0.0582. The first-order valence-electron chi connectivity index (χ1n) is 6.94. The number of carboxylic acids is 1. The molecule has 8 heteroatoms. The van der Waals surface area contributed by atoms with E-state index in [9.17, 15) is 19.2 Å². The molecule has 1 atom stereocenters. The van der Waals surface area contributed by atoms with Crippen molar-refractivity contribution in [1.29, 1.82) is 0 Å². The number of aliphatic carboxylic acids is 1. The number of carboxylic acid groups (broad SMARTS) is 1. The Labute approximate surface area is 123 Å². The van der Waals surface area contributed by atoms with E-state index in [4.69, 9.17) is 5.11 Å². The molecule has 8 nitrogen and oxygen atoms in total. The van der Waals surface area contributed by atoms with Crippen molar-refractivity contribution in [3.63, 3.8) is 0 Å². The van der Waals surface area contributed by atoms with Gasteiger partial charge in [0.25, 0.3) is 0 Å². The van der Waals surface area contributed by atoms with Crippen molar-refractivity contribution < 1.29 is 24.3 Å². The van der Waals surface area contributed by atoms with Crippen LogP contribution in [0.3, 0.4) is 0 Å². The Morgan fingerprint density at radius 2 is 2.05 bits per heavy atom. The minimum atomic E-state index is -1.06. The van der Waals surface area contributed by atoms with Gasteiger partial charge in [-0.25, -0.2) is 9.59 Å². The third kappa shape index (κ3) is 4.73. The number of nitrogens with one attached hydrogen (secondary N) is 1. The number of carbonyl (C=O) groups is 4. The van der Waals surface area contributed by atoms with Gasteiger partial charge in [-0.2, -0.15) is 0 Å². The summed E-state index contributed by atoms with van der Waals surface area (Å²) in [4.78, 5) is 48.1. The lowest BCUT2D eigenvalue weighted by Gasteiger charge is -2.15. The van der Waals surface area contributed by atoms with Gasteiger partial charge >= 0.3 is 12.0 Å². The van der Waals surface area contributed by atoms with Gasteiger partial charge in [0, 0.05) is 20.0 Å². The molecule has 1 saturated heterocycles. The molecule has 0 aromatic rings. The zero-order valence-corrected chi connectivity index (χ0v) is 12.3. The zero-order chi connectivity index (χ0) is 16.0. The fraction of sp³-hybridized carbons (Fsp3) is 0.692. The van der Waals surface area contributed by atoms with E-state index in [0.717, 1.165) is 4.90 Å². The van der Waals surface area contributed by atoms with E-state index < -0.39 is 12.0 Å². The summed E-state index contributed by atoms with van der Waals surface area (Å²) >= 11 is 0. The monoisotopic (exact) mass is 299 g/mol. The van der Waals surface area contributed by atoms with Crippen molar-refractivity contribution in [3.8, 4) is 0 Å². The number of nitrogens with zero attached hydrogens (tertiary/aromatic N) is 2. The normalized spacial score (nSPS) is 16.3. The topological polar surface area (TPSA) is 107 Å². The van der Waals surface area contributed by atoms with Crippen LogP contribution in [0.4, 0.5) is 4.79 Å². The highest BCUT2D eigenvalue weighted by molar-refractivity contribution is 6.01. The molecule has 2 N–H and O–H groups in total. The number of amides is 4. The average molecular weight is 299 g/mol. The molecule has 1 unspecified atom stereocenters. The van der Waals surface area contributed by atoms with Crippen LogP contribution in [0, 0.1) is 0 Å². The van der Waals surface area contributed by atoms with Gasteiger partial charge in [-0.3, -0.25) is 14.5 Å². The number of carbonyl (C=O) groups excluding carboxylic acids is 3. The van der Waals surface area contributed by atoms with E-state index in [1.807, 2.05) is 6.92 Å². The van der Waals surface area contributed by atoms with Gasteiger partial charge in [-0.05, 0) is 12.8 Å². The molecule has 118 valence electrons. The second-order valence-electron chi connectivity index (χ2n) is 5.03. The van der Waals surface area contributed by atoms with Crippen molar-refractivity contribution in [2.75, 3.05) is 20.1 Å². The lowest BCUT2D eigenvalue weighted by atomic mass is 10.1. The number of urea groups is 1. The van der Waals surface area contributed by atoms with Crippen LogP contribution < -0.4 is 5.32 Å². The van der Waals surface area contributed by atoms with Crippen LogP contribution in [0.25, 0.3) is 0 Å². The Balaban J connectivity index is 2.35. The van der Waals surface area contributed by atoms with Crippen molar-refractivity contribution in [2.24, 2.45) is 0 Å². The fourth-order valence-corrected chi connectivity index (χ4v) is 2.10. The highest BCUT2D eigenvalue weighted by Crippen LogP contribution is 2.09. The smallest absolute Gasteiger partial charge is 0.326 e. The molecule has 4 amide bonds. The van der Waals surface area contributed by atoms with Crippen LogP contribution in [0.5, 0.6) is 0 Å². The van der Waals surface area contributed by atoms with E-state index in [0.29, 0.717) is 19.3 Å². The van der Waals surface area contributed by atoms with Gasteiger partial charge in [0.05, 0.1) is 0 Å². The Morgan fingerprint density at radius 3 is 2.52 bits per heavy atom. The molecule has 0 aliphatic carbocycles.